The van der Waals surface area contributed by atoms with Gasteiger partial charge in [-0.25, -0.2) is 19.2 Å². The zero-order chi connectivity index (χ0) is 21.7. The van der Waals surface area contributed by atoms with E-state index in [9.17, 15) is 19.2 Å². The maximum Gasteiger partial charge on any atom is 0.410 e. The molecule has 0 atom stereocenters. The maximum absolute atomic E-state index is 12.7. The zero-order valence-corrected chi connectivity index (χ0v) is 17.0. The number of ether oxygens (including phenoxy) is 3. The van der Waals surface area contributed by atoms with Crippen molar-refractivity contribution < 1.29 is 33.4 Å². The van der Waals surface area contributed by atoms with Crippen LogP contribution in [0.25, 0.3) is 0 Å². The molecule has 2 fully saturated rings. The Hall–Kier alpha value is -3.30. The van der Waals surface area contributed by atoms with Crippen LogP contribution >= 0.6 is 0 Å². The Morgan fingerprint density at radius 2 is 1.60 bits per heavy atom. The van der Waals surface area contributed by atoms with Gasteiger partial charge in [-0.3, -0.25) is 0 Å². The first-order valence-electron chi connectivity index (χ1n) is 9.74. The molecule has 0 saturated carbocycles. The van der Waals surface area contributed by atoms with Crippen molar-refractivity contribution in [2.45, 2.75) is 25.3 Å². The highest BCUT2D eigenvalue weighted by atomic mass is 16.6. The van der Waals surface area contributed by atoms with Gasteiger partial charge in [-0.15, -0.1) is 0 Å². The van der Waals surface area contributed by atoms with Gasteiger partial charge in [0.25, 0.3) is 0 Å². The predicted octanol–water partition coefficient (Wildman–Crippen LogP) is 2.10. The molecule has 0 bridgehead atoms. The van der Waals surface area contributed by atoms with Crippen LogP contribution in [0.3, 0.4) is 0 Å². The van der Waals surface area contributed by atoms with Crippen molar-refractivity contribution >= 4 is 29.8 Å². The van der Waals surface area contributed by atoms with Crippen molar-refractivity contribution in [2.75, 3.05) is 45.8 Å². The molecule has 2 saturated heterocycles. The number of hydrogen-bond acceptors (Lipinski definition) is 7. The molecule has 30 heavy (non-hydrogen) atoms. The molecule has 3 rings (SSSR count). The van der Waals surface area contributed by atoms with E-state index in [0.717, 1.165) is 6.42 Å². The molecular weight excluding hydrogens is 394 g/mol. The highest BCUT2D eigenvalue weighted by Crippen LogP contribution is 2.22. The molecular formula is C20H25N3O7. The number of esters is 2. The van der Waals surface area contributed by atoms with Crippen molar-refractivity contribution in [1.29, 1.82) is 0 Å². The van der Waals surface area contributed by atoms with Gasteiger partial charge in [0.15, 0.2) is 0 Å². The number of amides is 3. The number of benzene rings is 1. The van der Waals surface area contributed by atoms with Gasteiger partial charge in [-0.05, 0) is 37.5 Å². The second-order valence-electron chi connectivity index (χ2n) is 7.09. The number of nitrogens with zero attached hydrogens (tertiary/aromatic N) is 2. The monoisotopic (exact) mass is 419 g/mol. The lowest BCUT2D eigenvalue weighted by molar-refractivity contribution is 0.0417. The van der Waals surface area contributed by atoms with E-state index in [-0.39, 0.29) is 35.0 Å². The zero-order valence-electron chi connectivity index (χ0n) is 17.0. The number of nitrogens with one attached hydrogen (secondary N) is 1. The highest BCUT2D eigenvalue weighted by molar-refractivity contribution is 5.99. The lowest BCUT2D eigenvalue weighted by Gasteiger charge is -2.39. The van der Waals surface area contributed by atoms with Crippen LogP contribution in [0, 0.1) is 0 Å². The smallest absolute Gasteiger partial charge is 0.410 e. The fourth-order valence-electron chi connectivity index (χ4n) is 3.65. The first kappa shape index (κ1) is 21.4. The fraction of sp³-hybridized carbons (Fsp3) is 0.500. The molecule has 0 spiro atoms. The van der Waals surface area contributed by atoms with Gasteiger partial charge < -0.3 is 29.3 Å². The molecule has 0 aliphatic carbocycles. The molecule has 0 unspecified atom stereocenters. The second-order valence-corrected chi connectivity index (χ2v) is 7.09. The molecule has 2 aliphatic heterocycles. The number of hydrogen-bond donors (Lipinski definition) is 1. The molecule has 0 radical (unpaired) electrons. The number of anilines is 1. The minimum Gasteiger partial charge on any atom is -0.465 e. The van der Waals surface area contributed by atoms with Crippen LogP contribution < -0.4 is 5.32 Å². The van der Waals surface area contributed by atoms with E-state index in [2.05, 4.69) is 5.32 Å². The van der Waals surface area contributed by atoms with E-state index in [1.807, 2.05) is 0 Å². The summed E-state index contributed by atoms with van der Waals surface area (Å²) < 4.78 is 14.5. The van der Waals surface area contributed by atoms with Gasteiger partial charge >= 0.3 is 24.1 Å². The van der Waals surface area contributed by atoms with Crippen LogP contribution in [-0.2, 0) is 14.2 Å². The molecule has 10 nitrogen and oxygen atoms in total. The summed E-state index contributed by atoms with van der Waals surface area (Å²) in [6, 6.07) is 3.92. The van der Waals surface area contributed by atoms with Crippen LogP contribution in [0.5, 0.6) is 0 Å². The fourth-order valence-corrected chi connectivity index (χ4v) is 3.65. The van der Waals surface area contributed by atoms with Gasteiger partial charge in [0.1, 0.15) is 0 Å². The van der Waals surface area contributed by atoms with E-state index >= 15 is 0 Å². The SMILES string of the molecule is COC(=O)c1cc(NC(=O)N2CCC(N3CCCOC3=O)CC2)cc(C(=O)OC)c1. The summed E-state index contributed by atoms with van der Waals surface area (Å²) in [5, 5.41) is 2.72. The maximum atomic E-state index is 12.7. The molecule has 0 aromatic heterocycles. The minimum absolute atomic E-state index is 0.0513. The first-order valence-corrected chi connectivity index (χ1v) is 9.74. The number of carbonyl (C=O) groups is 4. The van der Waals surface area contributed by atoms with E-state index in [1.165, 1.54) is 32.4 Å². The Kier molecular flexibility index (Phi) is 6.76. The van der Waals surface area contributed by atoms with E-state index in [0.29, 0.717) is 39.1 Å². The molecule has 1 N–H and O–H groups in total. The van der Waals surface area contributed by atoms with Gasteiger partial charge in [0, 0.05) is 31.4 Å². The number of cyclic esters (lactones) is 1. The normalized spacial score (nSPS) is 17.2. The highest BCUT2D eigenvalue weighted by Gasteiger charge is 2.32. The number of carbonyl (C=O) groups excluding carboxylic acids is 4. The van der Waals surface area contributed by atoms with Crippen LogP contribution in [0.15, 0.2) is 18.2 Å². The Balaban J connectivity index is 1.65. The summed E-state index contributed by atoms with van der Waals surface area (Å²) in [6.45, 7) is 2.07. The van der Waals surface area contributed by atoms with Crippen molar-refractivity contribution in [1.82, 2.24) is 9.80 Å². The van der Waals surface area contributed by atoms with Crippen LogP contribution in [0.1, 0.15) is 40.0 Å². The van der Waals surface area contributed by atoms with Crippen LogP contribution in [-0.4, -0.2) is 80.4 Å². The molecule has 3 amide bonds. The summed E-state index contributed by atoms with van der Waals surface area (Å²) in [6.07, 6.45) is 1.82. The standard InChI is InChI=1S/C20H25N3O7/c1-28-17(24)13-10-14(18(25)29-2)12-15(11-13)21-19(26)22-7-4-16(5-8-22)23-6-3-9-30-20(23)27/h10-12,16H,3-9H2,1-2H3,(H,21,26). The molecule has 1 aromatic rings. The summed E-state index contributed by atoms with van der Waals surface area (Å²) in [4.78, 5) is 51.8. The average Bonchev–Trinajstić information content (AvgIpc) is 2.78. The van der Waals surface area contributed by atoms with Crippen molar-refractivity contribution in [3.8, 4) is 0 Å². The molecule has 162 valence electrons. The second kappa shape index (κ2) is 9.47. The largest absolute Gasteiger partial charge is 0.465 e. The number of piperidine rings is 1. The van der Waals surface area contributed by atoms with Gasteiger partial charge in [-0.2, -0.15) is 0 Å². The Morgan fingerprint density at radius 1 is 1.00 bits per heavy atom. The van der Waals surface area contributed by atoms with E-state index in [4.69, 9.17) is 14.2 Å². The Bertz CT molecular complexity index is 799. The molecule has 2 heterocycles. The van der Waals surface area contributed by atoms with Crippen LogP contribution in [0.4, 0.5) is 15.3 Å². The lowest BCUT2D eigenvalue weighted by atomic mass is 10.0. The molecule has 10 heteroatoms. The van der Waals surface area contributed by atoms with Crippen LogP contribution in [0.2, 0.25) is 0 Å². The third-order valence-electron chi connectivity index (χ3n) is 5.22. The lowest BCUT2D eigenvalue weighted by Crippen LogP contribution is -2.51. The number of methoxy groups -OCH3 is 2. The number of rotatable bonds is 4. The summed E-state index contributed by atoms with van der Waals surface area (Å²) in [5.74, 6) is -1.27. The van der Waals surface area contributed by atoms with Gasteiger partial charge in [0.2, 0.25) is 0 Å². The predicted molar refractivity (Wildman–Crippen MR) is 105 cm³/mol. The third kappa shape index (κ3) is 4.81. The van der Waals surface area contributed by atoms with Crippen molar-refractivity contribution in [3.05, 3.63) is 29.3 Å². The van der Waals surface area contributed by atoms with E-state index in [1.54, 1.807) is 9.80 Å². The van der Waals surface area contributed by atoms with Gasteiger partial charge in [0.05, 0.1) is 32.0 Å². The molecule has 2 aliphatic rings. The molecule has 1 aromatic carbocycles. The third-order valence-corrected chi connectivity index (χ3v) is 5.22. The van der Waals surface area contributed by atoms with Gasteiger partial charge in [-0.1, -0.05) is 0 Å². The minimum atomic E-state index is -0.634. The Labute approximate surface area is 174 Å². The quantitative estimate of drug-likeness (QED) is 0.587. The summed E-state index contributed by atoms with van der Waals surface area (Å²) in [5.41, 5.74) is 0.529. The topological polar surface area (TPSA) is 114 Å². The summed E-state index contributed by atoms with van der Waals surface area (Å²) >= 11 is 0. The Morgan fingerprint density at radius 3 is 2.13 bits per heavy atom. The first-order chi connectivity index (χ1) is 14.4. The number of likely N-dealkylation sites (tertiary alicyclic amines) is 1. The average molecular weight is 419 g/mol. The summed E-state index contributed by atoms with van der Waals surface area (Å²) in [7, 11) is 2.46. The number of urea groups is 1. The van der Waals surface area contributed by atoms with Crippen molar-refractivity contribution in [3.63, 3.8) is 0 Å². The van der Waals surface area contributed by atoms with E-state index < -0.39 is 11.9 Å². The van der Waals surface area contributed by atoms with Crippen molar-refractivity contribution in [2.24, 2.45) is 0 Å².